The van der Waals surface area contributed by atoms with E-state index < -0.39 is 17.2 Å². The Bertz CT molecular complexity index is 773. The van der Waals surface area contributed by atoms with E-state index in [4.69, 9.17) is 5.73 Å². The summed E-state index contributed by atoms with van der Waals surface area (Å²) < 4.78 is 2.05. The molecule has 9 heteroatoms. The third-order valence-corrected chi connectivity index (χ3v) is 3.48. The number of nitrogens with zero attached hydrogens (tertiary/aromatic N) is 3. The third-order valence-electron chi connectivity index (χ3n) is 2.76. The van der Waals surface area contributed by atoms with Gasteiger partial charge in [0.1, 0.15) is 5.69 Å². The van der Waals surface area contributed by atoms with E-state index in [1.807, 2.05) is 0 Å². The highest BCUT2D eigenvalue weighted by molar-refractivity contribution is 7.13. The van der Waals surface area contributed by atoms with Crippen molar-refractivity contribution < 1.29 is 4.79 Å². The second-order valence-electron chi connectivity index (χ2n) is 4.13. The lowest BCUT2D eigenvalue weighted by Gasteiger charge is -2.09. The lowest BCUT2D eigenvalue weighted by Crippen LogP contribution is -2.41. The number of aromatic nitrogens is 3. The summed E-state index contributed by atoms with van der Waals surface area (Å²) in [5, 5.41) is 4.72. The summed E-state index contributed by atoms with van der Waals surface area (Å²) in [6, 6.07) is 1.12. The van der Waals surface area contributed by atoms with E-state index in [9.17, 15) is 14.4 Å². The Labute approximate surface area is 117 Å². The minimum absolute atomic E-state index is 0.00121. The van der Waals surface area contributed by atoms with Crippen molar-refractivity contribution in [3.8, 4) is 0 Å². The molecule has 0 spiro atoms. The topological polar surface area (TPSA) is 112 Å². The van der Waals surface area contributed by atoms with Crippen molar-refractivity contribution >= 4 is 22.4 Å². The van der Waals surface area contributed by atoms with Crippen molar-refractivity contribution in [2.24, 2.45) is 14.1 Å². The molecule has 0 radical (unpaired) electrons. The molecular formula is C11H13N5O3S. The number of anilines is 1. The summed E-state index contributed by atoms with van der Waals surface area (Å²) in [7, 11) is 2.78. The van der Waals surface area contributed by atoms with Gasteiger partial charge in [-0.3, -0.25) is 18.7 Å². The number of hydrogen-bond acceptors (Lipinski definition) is 6. The molecule has 20 heavy (non-hydrogen) atoms. The van der Waals surface area contributed by atoms with Crippen LogP contribution in [-0.2, 0) is 20.6 Å². The zero-order chi connectivity index (χ0) is 14.9. The highest BCUT2D eigenvalue weighted by Gasteiger charge is 2.13. The fourth-order valence-corrected chi connectivity index (χ4v) is 2.18. The Morgan fingerprint density at radius 2 is 2.10 bits per heavy atom. The van der Waals surface area contributed by atoms with Crippen LogP contribution in [0.25, 0.3) is 0 Å². The van der Waals surface area contributed by atoms with E-state index >= 15 is 0 Å². The predicted octanol–water partition coefficient (Wildman–Crippen LogP) is -0.947. The molecule has 0 atom stereocenters. The molecule has 0 bridgehead atoms. The largest absolute Gasteiger partial charge is 0.375 e. The molecule has 106 valence electrons. The molecule has 2 aromatic heterocycles. The molecule has 2 aromatic rings. The van der Waals surface area contributed by atoms with E-state index in [0.717, 1.165) is 15.2 Å². The maximum Gasteiger partial charge on any atom is 0.331 e. The number of rotatable bonds is 3. The number of thiazole rings is 1. The first-order valence-electron chi connectivity index (χ1n) is 5.65. The van der Waals surface area contributed by atoms with E-state index in [0.29, 0.717) is 10.8 Å². The molecule has 0 fully saturated rings. The van der Waals surface area contributed by atoms with Gasteiger partial charge >= 0.3 is 5.69 Å². The van der Waals surface area contributed by atoms with Crippen LogP contribution < -0.4 is 22.3 Å². The first-order chi connectivity index (χ1) is 9.40. The Morgan fingerprint density at radius 3 is 2.70 bits per heavy atom. The summed E-state index contributed by atoms with van der Waals surface area (Å²) in [5.74, 6) is -0.520. The molecule has 3 N–H and O–H groups in total. The molecule has 0 aliphatic carbocycles. The molecule has 0 aromatic carbocycles. The van der Waals surface area contributed by atoms with Crippen LogP contribution in [-0.4, -0.2) is 20.0 Å². The molecule has 1 amide bonds. The highest BCUT2D eigenvalue weighted by atomic mass is 32.1. The van der Waals surface area contributed by atoms with Crippen LogP contribution in [0.15, 0.2) is 21.0 Å². The average Bonchev–Trinajstić information content (AvgIpc) is 2.83. The van der Waals surface area contributed by atoms with Gasteiger partial charge in [-0.1, -0.05) is 0 Å². The van der Waals surface area contributed by atoms with Crippen LogP contribution in [0.4, 0.5) is 5.13 Å². The van der Waals surface area contributed by atoms with Gasteiger partial charge in [-0.05, 0) is 0 Å². The van der Waals surface area contributed by atoms with E-state index in [1.54, 1.807) is 5.38 Å². The number of nitrogens with two attached hydrogens (primary N) is 1. The molecule has 0 unspecified atom stereocenters. The minimum Gasteiger partial charge on any atom is -0.375 e. The molecule has 2 heterocycles. The monoisotopic (exact) mass is 295 g/mol. The second-order valence-corrected chi connectivity index (χ2v) is 5.02. The van der Waals surface area contributed by atoms with Crippen molar-refractivity contribution in [1.82, 2.24) is 19.4 Å². The van der Waals surface area contributed by atoms with Gasteiger partial charge in [0.25, 0.3) is 11.5 Å². The maximum atomic E-state index is 12.0. The van der Waals surface area contributed by atoms with Gasteiger partial charge in [0, 0.05) is 25.5 Å². The number of carbonyl (C=O) groups excluding carboxylic acids is 1. The Hall–Kier alpha value is -2.42. The maximum absolute atomic E-state index is 12.0. The van der Waals surface area contributed by atoms with Crippen LogP contribution in [0.2, 0.25) is 0 Å². The lowest BCUT2D eigenvalue weighted by molar-refractivity contribution is 0.0940. The molecule has 0 saturated carbocycles. The van der Waals surface area contributed by atoms with Gasteiger partial charge < -0.3 is 11.1 Å². The van der Waals surface area contributed by atoms with E-state index in [-0.39, 0.29) is 12.2 Å². The Kier molecular flexibility index (Phi) is 3.70. The smallest absolute Gasteiger partial charge is 0.331 e. The number of hydrogen-bond donors (Lipinski definition) is 2. The fourth-order valence-electron chi connectivity index (χ4n) is 1.62. The SMILES string of the molecule is Cn1c(C(=O)NCc2csc(N)n2)cc(=O)n(C)c1=O. The minimum atomic E-state index is -0.555. The first-order valence-corrected chi connectivity index (χ1v) is 6.53. The summed E-state index contributed by atoms with van der Waals surface area (Å²) in [5.41, 5.74) is 5.02. The molecule has 8 nitrogen and oxygen atoms in total. The lowest BCUT2D eigenvalue weighted by atomic mass is 10.3. The second kappa shape index (κ2) is 5.29. The summed E-state index contributed by atoms with van der Waals surface area (Å²) in [6.07, 6.45) is 0. The van der Waals surface area contributed by atoms with E-state index in [1.165, 1.54) is 25.4 Å². The van der Waals surface area contributed by atoms with Crippen LogP contribution >= 0.6 is 11.3 Å². The van der Waals surface area contributed by atoms with Crippen molar-refractivity contribution in [1.29, 1.82) is 0 Å². The number of carbonyl (C=O) groups is 1. The van der Waals surface area contributed by atoms with Gasteiger partial charge in [0.15, 0.2) is 5.13 Å². The normalized spacial score (nSPS) is 10.5. The molecule has 0 aliphatic rings. The predicted molar refractivity (Wildman–Crippen MR) is 74.6 cm³/mol. The quantitative estimate of drug-likeness (QED) is 0.758. The summed E-state index contributed by atoms with van der Waals surface area (Å²) in [6.45, 7) is 0.177. The van der Waals surface area contributed by atoms with Gasteiger partial charge in [-0.15, -0.1) is 11.3 Å². The zero-order valence-corrected chi connectivity index (χ0v) is 11.7. The van der Waals surface area contributed by atoms with Gasteiger partial charge in [-0.2, -0.15) is 0 Å². The standard InChI is InChI=1S/C11H13N5O3S/c1-15-7(3-8(17)16(2)11(15)19)9(18)13-4-6-5-20-10(12)14-6/h3,5H,4H2,1-2H3,(H2,12,14)(H,13,18). The molecule has 0 aliphatic heterocycles. The van der Waals surface area contributed by atoms with Gasteiger partial charge in [-0.25, -0.2) is 9.78 Å². The van der Waals surface area contributed by atoms with Crippen LogP contribution in [0.1, 0.15) is 16.2 Å². The Morgan fingerprint density at radius 1 is 1.40 bits per heavy atom. The number of amides is 1. The van der Waals surface area contributed by atoms with Crippen molar-refractivity contribution in [3.63, 3.8) is 0 Å². The summed E-state index contributed by atoms with van der Waals surface area (Å²) >= 11 is 1.27. The van der Waals surface area contributed by atoms with Crippen LogP contribution in [0.3, 0.4) is 0 Å². The van der Waals surface area contributed by atoms with Crippen LogP contribution in [0.5, 0.6) is 0 Å². The number of nitrogens with one attached hydrogen (secondary N) is 1. The molecule has 0 saturated heterocycles. The highest BCUT2D eigenvalue weighted by Crippen LogP contribution is 2.10. The summed E-state index contributed by atoms with van der Waals surface area (Å²) in [4.78, 5) is 39.2. The van der Waals surface area contributed by atoms with Crippen LogP contribution in [0, 0.1) is 0 Å². The van der Waals surface area contributed by atoms with Gasteiger partial charge in [0.2, 0.25) is 0 Å². The van der Waals surface area contributed by atoms with Crippen molar-refractivity contribution in [2.45, 2.75) is 6.54 Å². The Balaban J connectivity index is 2.22. The fraction of sp³-hybridized carbons (Fsp3) is 0.273. The third kappa shape index (κ3) is 2.62. The molecule has 2 rings (SSSR count). The number of nitrogen functional groups attached to an aromatic ring is 1. The first kappa shape index (κ1) is 14.0. The van der Waals surface area contributed by atoms with Gasteiger partial charge in [0.05, 0.1) is 12.2 Å². The average molecular weight is 295 g/mol. The van der Waals surface area contributed by atoms with Crippen molar-refractivity contribution in [3.05, 3.63) is 43.7 Å². The zero-order valence-electron chi connectivity index (χ0n) is 10.9. The molecular weight excluding hydrogens is 282 g/mol. The van der Waals surface area contributed by atoms with E-state index in [2.05, 4.69) is 10.3 Å². The van der Waals surface area contributed by atoms with Crippen molar-refractivity contribution in [2.75, 3.05) is 5.73 Å².